The molecule has 0 aromatic heterocycles. The van der Waals surface area contributed by atoms with Crippen LogP contribution < -0.4 is 0 Å². The average Bonchev–Trinajstić information content (AvgIpc) is 2.69. The molecule has 8 heteroatoms. The first kappa shape index (κ1) is 24.1. The molecule has 3 nitrogen and oxygen atoms in total. The first-order chi connectivity index (χ1) is 15.6. The van der Waals surface area contributed by atoms with Crippen molar-refractivity contribution in [2.75, 3.05) is 25.1 Å². The summed E-state index contributed by atoms with van der Waals surface area (Å²) in [5.41, 5.74) is 2.45. The van der Waals surface area contributed by atoms with Gasteiger partial charge in [-0.2, -0.15) is 0 Å². The molecule has 0 N–H and O–H groups in total. The number of halogens is 4. The Hall–Kier alpha value is -1.99. The van der Waals surface area contributed by atoms with Crippen LogP contribution in [0.15, 0.2) is 66.7 Å². The highest BCUT2D eigenvalue weighted by atomic mass is 35.5. The molecule has 0 spiro atoms. The predicted octanol–water partition coefficient (Wildman–Crippen LogP) is 6.12. The minimum absolute atomic E-state index is 0.0666. The third-order valence-corrected chi connectivity index (χ3v) is 7.51. The summed E-state index contributed by atoms with van der Waals surface area (Å²) in [5, 5.41) is 1.27. The number of sulfone groups is 1. The van der Waals surface area contributed by atoms with Gasteiger partial charge in [-0.3, -0.25) is 4.90 Å². The topological polar surface area (TPSA) is 37.4 Å². The Morgan fingerprint density at radius 1 is 0.848 bits per heavy atom. The largest absolute Gasteiger partial charge is 0.292 e. The number of hydrogen-bond acceptors (Lipinski definition) is 3. The summed E-state index contributed by atoms with van der Waals surface area (Å²) in [4.78, 5) is 2.22. The first-order valence-corrected chi connectivity index (χ1v) is 13.3. The highest BCUT2D eigenvalue weighted by Gasteiger charge is 2.40. The molecule has 1 saturated heterocycles. The average molecular weight is 510 g/mol. The summed E-state index contributed by atoms with van der Waals surface area (Å²) in [6, 6.07) is 18.4. The van der Waals surface area contributed by atoms with Gasteiger partial charge in [-0.15, -0.1) is 0 Å². The van der Waals surface area contributed by atoms with E-state index < -0.39 is 27.4 Å². The molecule has 1 aliphatic rings. The van der Waals surface area contributed by atoms with E-state index in [1.165, 1.54) is 12.1 Å². The monoisotopic (exact) mass is 509 g/mol. The highest BCUT2D eigenvalue weighted by molar-refractivity contribution is 7.90. The highest BCUT2D eigenvalue weighted by Crippen LogP contribution is 2.41. The number of likely N-dealkylation sites (tertiary alicyclic amines) is 1. The van der Waals surface area contributed by atoms with Crippen molar-refractivity contribution in [1.29, 1.82) is 0 Å². The Balaban J connectivity index is 1.63. The quantitative estimate of drug-likeness (QED) is 0.384. The fourth-order valence-electron chi connectivity index (χ4n) is 4.54. The zero-order valence-corrected chi connectivity index (χ0v) is 20.2. The van der Waals surface area contributed by atoms with Crippen LogP contribution in [0.1, 0.15) is 28.7 Å². The molecule has 3 aromatic rings. The zero-order chi connectivity index (χ0) is 23.8. The van der Waals surface area contributed by atoms with E-state index in [0.717, 1.165) is 23.4 Å². The maximum absolute atomic E-state index is 13.9. The van der Waals surface area contributed by atoms with Crippen molar-refractivity contribution in [3.05, 3.63) is 105 Å². The molecule has 0 bridgehead atoms. The lowest BCUT2D eigenvalue weighted by Gasteiger charge is -2.48. The summed E-state index contributed by atoms with van der Waals surface area (Å²) in [7, 11) is -3.36. The maximum atomic E-state index is 13.9. The molecule has 0 amide bonds. The lowest BCUT2D eigenvalue weighted by Crippen LogP contribution is -2.52. The standard InChI is InChI=1S/C25H23Cl2F2NO2S/c1-33(31,32)15-24(18-10-22(28)12-23(29)11-18)19-13-30(14-19)25(16-2-6-20(26)7-3-16)17-4-8-21(27)9-5-17/h2-12,19,24-25H,13-15H2,1H3/t24-/m1/s1. The fourth-order valence-corrected chi connectivity index (χ4v) is 5.91. The lowest BCUT2D eigenvalue weighted by molar-refractivity contribution is 0.0555. The molecule has 1 fully saturated rings. The molecule has 0 radical (unpaired) electrons. The minimum Gasteiger partial charge on any atom is -0.292 e. The Bertz CT molecular complexity index is 1160. The van der Waals surface area contributed by atoms with Gasteiger partial charge in [0, 0.05) is 41.4 Å². The van der Waals surface area contributed by atoms with Crippen LogP contribution in [0, 0.1) is 17.6 Å². The van der Waals surface area contributed by atoms with Gasteiger partial charge in [0.15, 0.2) is 0 Å². The van der Waals surface area contributed by atoms with Crippen molar-refractivity contribution >= 4 is 33.0 Å². The molecule has 0 unspecified atom stereocenters. The van der Waals surface area contributed by atoms with Crippen LogP contribution in [-0.2, 0) is 9.84 Å². The van der Waals surface area contributed by atoms with Crippen LogP contribution in [0.25, 0.3) is 0 Å². The van der Waals surface area contributed by atoms with Crippen molar-refractivity contribution in [1.82, 2.24) is 4.90 Å². The van der Waals surface area contributed by atoms with Crippen molar-refractivity contribution in [2.24, 2.45) is 5.92 Å². The number of hydrogen-bond donors (Lipinski definition) is 0. The van der Waals surface area contributed by atoms with E-state index in [0.29, 0.717) is 28.7 Å². The Morgan fingerprint density at radius 3 is 1.73 bits per heavy atom. The van der Waals surface area contributed by atoms with E-state index in [4.69, 9.17) is 23.2 Å². The van der Waals surface area contributed by atoms with Crippen LogP contribution in [0.2, 0.25) is 10.0 Å². The van der Waals surface area contributed by atoms with E-state index in [2.05, 4.69) is 4.90 Å². The molecule has 174 valence electrons. The Morgan fingerprint density at radius 2 is 1.30 bits per heavy atom. The maximum Gasteiger partial charge on any atom is 0.148 e. The molecule has 4 rings (SSSR count). The van der Waals surface area contributed by atoms with Crippen molar-refractivity contribution in [2.45, 2.75) is 12.0 Å². The summed E-state index contributed by atoms with van der Waals surface area (Å²) < 4.78 is 52.0. The molecule has 3 aromatic carbocycles. The van der Waals surface area contributed by atoms with Gasteiger partial charge in [0.1, 0.15) is 21.5 Å². The molecule has 0 saturated carbocycles. The summed E-state index contributed by atoms with van der Waals surface area (Å²) in [6.07, 6.45) is 1.15. The second-order valence-electron chi connectivity index (χ2n) is 8.62. The Kier molecular flexibility index (Phi) is 7.10. The summed E-state index contributed by atoms with van der Waals surface area (Å²) in [5.74, 6) is -2.15. The van der Waals surface area contributed by atoms with Crippen LogP contribution in [0.3, 0.4) is 0 Å². The van der Waals surface area contributed by atoms with Crippen LogP contribution >= 0.6 is 23.2 Å². The predicted molar refractivity (Wildman–Crippen MR) is 129 cm³/mol. The fraction of sp³-hybridized carbons (Fsp3) is 0.280. The molecular formula is C25H23Cl2F2NO2S. The van der Waals surface area contributed by atoms with E-state index in [9.17, 15) is 17.2 Å². The second-order valence-corrected chi connectivity index (χ2v) is 11.7. The summed E-state index contributed by atoms with van der Waals surface area (Å²) >= 11 is 12.2. The number of nitrogens with zero attached hydrogens (tertiary/aromatic N) is 1. The first-order valence-electron chi connectivity index (χ1n) is 10.5. The van der Waals surface area contributed by atoms with Crippen LogP contribution in [0.4, 0.5) is 8.78 Å². The SMILES string of the molecule is CS(=O)(=O)C[C@H](c1cc(F)cc(F)c1)C1CN(C(c2ccc(Cl)cc2)c2ccc(Cl)cc2)C1. The summed E-state index contributed by atoms with van der Waals surface area (Å²) in [6.45, 7) is 1.16. The van der Waals surface area contributed by atoms with Crippen LogP contribution in [0.5, 0.6) is 0 Å². The normalized spacial score (nSPS) is 16.1. The van der Waals surface area contributed by atoms with E-state index in [-0.39, 0.29) is 17.7 Å². The molecule has 1 heterocycles. The van der Waals surface area contributed by atoms with Gasteiger partial charge in [0.25, 0.3) is 0 Å². The number of benzene rings is 3. The van der Waals surface area contributed by atoms with Gasteiger partial charge in [-0.05, 0) is 59.0 Å². The second kappa shape index (κ2) is 9.71. The zero-order valence-electron chi connectivity index (χ0n) is 17.9. The van der Waals surface area contributed by atoms with Gasteiger partial charge in [0.05, 0.1) is 11.8 Å². The van der Waals surface area contributed by atoms with E-state index >= 15 is 0 Å². The van der Waals surface area contributed by atoms with E-state index in [1.54, 1.807) is 0 Å². The third-order valence-electron chi connectivity index (χ3n) is 6.04. The molecule has 1 atom stereocenters. The molecule has 1 aliphatic heterocycles. The molecule has 0 aliphatic carbocycles. The smallest absolute Gasteiger partial charge is 0.148 e. The lowest BCUT2D eigenvalue weighted by atomic mass is 9.80. The van der Waals surface area contributed by atoms with Gasteiger partial charge < -0.3 is 0 Å². The van der Waals surface area contributed by atoms with Crippen LogP contribution in [-0.4, -0.2) is 38.4 Å². The number of rotatable bonds is 7. The van der Waals surface area contributed by atoms with Gasteiger partial charge in [-0.25, -0.2) is 17.2 Å². The third kappa shape index (κ3) is 5.93. The molecular weight excluding hydrogens is 487 g/mol. The van der Waals surface area contributed by atoms with E-state index in [1.807, 2.05) is 48.5 Å². The minimum atomic E-state index is -3.36. The van der Waals surface area contributed by atoms with Gasteiger partial charge in [-0.1, -0.05) is 47.5 Å². The Labute approximate surface area is 202 Å². The van der Waals surface area contributed by atoms with Gasteiger partial charge >= 0.3 is 0 Å². The van der Waals surface area contributed by atoms with Crippen molar-refractivity contribution in [3.8, 4) is 0 Å². The van der Waals surface area contributed by atoms with Crippen molar-refractivity contribution < 1.29 is 17.2 Å². The van der Waals surface area contributed by atoms with Crippen molar-refractivity contribution in [3.63, 3.8) is 0 Å². The van der Waals surface area contributed by atoms with Gasteiger partial charge in [0.2, 0.25) is 0 Å². The molecule has 33 heavy (non-hydrogen) atoms.